The molecular formula is C6H6O. The summed E-state index contributed by atoms with van der Waals surface area (Å²) in [7, 11) is 0. The van der Waals surface area contributed by atoms with Gasteiger partial charge in [0.15, 0.2) is 0 Å². The highest BCUT2D eigenvalue weighted by molar-refractivity contribution is 5.44. The molecule has 0 aromatic rings. The van der Waals surface area contributed by atoms with Gasteiger partial charge in [-0.25, -0.2) is 0 Å². The molecule has 0 atom stereocenters. The second kappa shape index (κ2) is 0.915. The third-order valence-corrected chi connectivity index (χ3v) is 1.36. The maximum atomic E-state index is 4.98. The van der Waals surface area contributed by atoms with Crippen molar-refractivity contribution in [2.24, 2.45) is 0 Å². The molecule has 2 aliphatic rings. The summed E-state index contributed by atoms with van der Waals surface area (Å²) in [6.45, 7) is 0.853. The zero-order chi connectivity index (χ0) is 4.69. The van der Waals surface area contributed by atoms with Crippen LogP contribution in [0.4, 0.5) is 0 Å². The fourth-order valence-electron chi connectivity index (χ4n) is 0.785. The lowest BCUT2D eigenvalue weighted by atomic mass is 10.4. The highest BCUT2D eigenvalue weighted by Crippen LogP contribution is 2.34. The molecule has 1 heterocycles. The van der Waals surface area contributed by atoms with Crippen LogP contribution in [0.5, 0.6) is 0 Å². The van der Waals surface area contributed by atoms with Gasteiger partial charge < -0.3 is 4.74 Å². The molecule has 0 unspecified atom stereocenters. The Morgan fingerprint density at radius 1 is 1.57 bits per heavy atom. The Balaban J connectivity index is 2.31. The van der Waals surface area contributed by atoms with Crippen LogP contribution in [0.25, 0.3) is 0 Å². The molecule has 0 fully saturated rings. The number of hydrogen-bond donors (Lipinski definition) is 0. The lowest BCUT2D eigenvalue weighted by Crippen LogP contribution is -1.83. The summed E-state index contributed by atoms with van der Waals surface area (Å²) < 4.78 is 4.98. The predicted molar refractivity (Wildman–Crippen MR) is 26.7 cm³/mol. The van der Waals surface area contributed by atoms with Gasteiger partial charge >= 0.3 is 0 Å². The van der Waals surface area contributed by atoms with Crippen LogP contribution in [-0.2, 0) is 4.74 Å². The summed E-state index contributed by atoms with van der Waals surface area (Å²) in [5, 5.41) is 0. The number of allylic oxidation sites excluding steroid dienone is 2. The van der Waals surface area contributed by atoms with E-state index in [1.54, 1.807) is 6.26 Å². The molecule has 0 saturated carbocycles. The van der Waals surface area contributed by atoms with Crippen molar-refractivity contribution in [2.75, 3.05) is 6.61 Å². The van der Waals surface area contributed by atoms with Gasteiger partial charge in [-0.15, -0.1) is 0 Å². The minimum absolute atomic E-state index is 0.853. The van der Waals surface area contributed by atoms with E-state index in [2.05, 4.69) is 0 Å². The van der Waals surface area contributed by atoms with E-state index in [1.807, 2.05) is 6.08 Å². The third kappa shape index (κ3) is 0.377. The SMILES string of the molecule is C1=CC2=C(CO1)C2. The highest BCUT2D eigenvalue weighted by atomic mass is 16.5. The van der Waals surface area contributed by atoms with E-state index in [0.717, 1.165) is 6.61 Å². The van der Waals surface area contributed by atoms with Gasteiger partial charge in [-0.1, -0.05) is 0 Å². The van der Waals surface area contributed by atoms with Crippen molar-refractivity contribution >= 4 is 0 Å². The smallest absolute Gasteiger partial charge is 0.109 e. The summed E-state index contributed by atoms with van der Waals surface area (Å²) in [4.78, 5) is 0. The fraction of sp³-hybridized carbons (Fsp3) is 0.333. The van der Waals surface area contributed by atoms with Crippen LogP contribution in [0.3, 0.4) is 0 Å². The average molecular weight is 94.1 g/mol. The van der Waals surface area contributed by atoms with Crippen LogP contribution >= 0.6 is 0 Å². The Bertz CT molecular complexity index is 154. The number of rotatable bonds is 0. The zero-order valence-electron chi connectivity index (χ0n) is 3.98. The predicted octanol–water partition coefficient (Wildman–Crippen LogP) is 1.23. The summed E-state index contributed by atoms with van der Waals surface area (Å²) in [6, 6.07) is 0. The van der Waals surface area contributed by atoms with Crippen molar-refractivity contribution in [3.05, 3.63) is 23.5 Å². The molecule has 7 heavy (non-hydrogen) atoms. The Morgan fingerprint density at radius 3 is 3.14 bits per heavy atom. The summed E-state index contributed by atoms with van der Waals surface area (Å²) in [5.41, 5.74) is 2.98. The molecule has 0 amide bonds. The molecule has 0 aromatic heterocycles. The van der Waals surface area contributed by atoms with Crippen LogP contribution in [0.1, 0.15) is 6.42 Å². The molecule has 1 heteroatoms. The van der Waals surface area contributed by atoms with E-state index in [-0.39, 0.29) is 0 Å². The van der Waals surface area contributed by atoms with Crippen molar-refractivity contribution in [3.63, 3.8) is 0 Å². The quantitative estimate of drug-likeness (QED) is 0.438. The van der Waals surface area contributed by atoms with Crippen molar-refractivity contribution in [1.29, 1.82) is 0 Å². The number of hydrogen-bond acceptors (Lipinski definition) is 1. The highest BCUT2D eigenvalue weighted by Gasteiger charge is 2.20. The van der Waals surface area contributed by atoms with E-state index >= 15 is 0 Å². The van der Waals surface area contributed by atoms with Crippen molar-refractivity contribution in [3.8, 4) is 0 Å². The van der Waals surface area contributed by atoms with E-state index in [0.29, 0.717) is 0 Å². The molecule has 1 aliphatic heterocycles. The molecule has 1 aliphatic carbocycles. The Morgan fingerprint density at radius 2 is 2.57 bits per heavy atom. The van der Waals surface area contributed by atoms with Gasteiger partial charge in [0.05, 0.1) is 6.26 Å². The molecule has 0 aromatic carbocycles. The molecule has 0 saturated heterocycles. The molecule has 1 nitrogen and oxygen atoms in total. The van der Waals surface area contributed by atoms with Crippen molar-refractivity contribution in [1.82, 2.24) is 0 Å². The maximum Gasteiger partial charge on any atom is 0.109 e. The van der Waals surface area contributed by atoms with E-state index in [1.165, 1.54) is 17.6 Å². The van der Waals surface area contributed by atoms with Crippen molar-refractivity contribution in [2.45, 2.75) is 6.42 Å². The zero-order valence-corrected chi connectivity index (χ0v) is 3.98. The third-order valence-electron chi connectivity index (χ3n) is 1.36. The first-order valence-corrected chi connectivity index (χ1v) is 2.46. The molecule has 0 radical (unpaired) electrons. The van der Waals surface area contributed by atoms with Gasteiger partial charge in [0.2, 0.25) is 0 Å². The number of ether oxygens (including phenoxy) is 1. The van der Waals surface area contributed by atoms with Gasteiger partial charge in [0.1, 0.15) is 6.61 Å². The van der Waals surface area contributed by atoms with E-state index in [4.69, 9.17) is 4.74 Å². The summed E-state index contributed by atoms with van der Waals surface area (Å²) in [5.74, 6) is 0. The van der Waals surface area contributed by atoms with E-state index in [9.17, 15) is 0 Å². The first-order chi connectivity index (χ1) is 3.47. The summed E-state index contributed by atoms with van der Waals surface area (Å²) in [6.07, 6.45) is 5.02. The second-order valence-electron chi connectivity index (χ2n) is 1.92. The standard InChI is InChI=1S/C6H6O/c1-2-7-4-6-3-5(1)6/h1-2H,3-4H2. The first-order valence-electron chi connectivity index (χ1n) is 2.46. The average Bonchev–Trinajstić information content (AvgIpc) is 2.41. The molecule has 0 spiro atoms. The van der Waals surface area contributed by atoms with Gasteiger partial charge in [0.25, 0.3) is 0 Å². The van der Waals surface area contributed by atoms with Gasteiger partial charge in [-0.05, 0) is 23.6 Å². The minimum atomic E-state index is 0.853. The fourth-order valence-corrected chi connectivity index (χ4v) is 0.785. The van der Waals surface area contributed by atoms with Crippen LogP contribution < -0.4 is 0 Å². The Labute approximate surface area is 42.3 Å². The van der Waals surface area contributed by atoms with E-state index < -0.39 is 0 Å². The molecule has 0 N–H and O–H groups in total. The first kappa shape index (κ1) is 3.30. The minimum Gasteiger partial charge on any atom is -0.497 e. The normalized spacial score (nSPS) is 24.0. The Kier molecular flexibility index (Phi) is 0.432. The topological polar surface area (TPSA) is 9.23 Å². The molecular weight excluding hydrogens is 88.1 g/mol. The lowest BCUT2D eigenvalue weighted by molar-refractivity contribution is 0.282. The van der Waals surface area contributed by atoms with Crippen LogP contribution in [0.15, 0.2) is 23.5 Å². The Hall–Kier alpha value is -0.720. The van der Waals surface area contributed by atoms with Gasteiger partial charge in [-0.2, -0.15) is 0 Å². The lowest BCUT2D eigenvalue weighted by Gasteiger charge is -1.94. The monoisotopic (exact) mass is 94.0 g/mol. The van der Waals surface area contributed by atoms with Crippen LogP contribution in [-0.4, -0.2) is 6.61 Å². The van der Waals surface area contributed by atoms with Crippen LogP contribution in [0, 0.1) is 0 Å². The van der Waals surface area contributed by atoms with Crippen LogP contribution in [0.2, 0.25) is 0 Å². The maximum absolute atomic E-state index is 4.98. The molecule has 2 rings (SSSR count). The van der Waals surface area contributed by atoms with Gasteiger partial charge in [-0.3, -0.25) is 0 Å². The van der Waals surface area contributed by atoms with Crippen molar-refractivity contribution < 1.29 is 4.74 Å². The van der Waals surface area contributed by atoms with Gasteiger partial charge in [0, 0.05) is 0 Å². The summed E-state index contributed by atoms with van der Waals surface area (Å²) >= 11 is 0. The second-order valence-corrected chi connectivity index (χ2v) is 1.92. The molecule has 0 bridgehead atoms. The largest absolute Gasteiger partial charge is 0.497 e. The molecule has 36 valence electrons.